The van der Waals surface area contributed by atoms with Crippen molar-refractivity contribution in [3.63, 3.8) is 0 Å². The van der Waals surface area contributed by atoms with Crippen molar-refractivity contribution in [1.82, 2.24) is 20.8 Å². The Morgan fingerprint density at radius 1 is 1.11 bits per heavy atom. The van der Waals surface area contributed by atoms with E-state index in [0.29, 0.717) is 32.9 Å². The van der Waals surface area contributed by atoms with E-state index in [4.69, 9.17) is 16.1 Å². The van der Waals surface area contributed by atoms with E-state index >= 15 is 0 Å². The Hall–Kier alpha value is -2.93. The van der Waals surface area contributed by atoms with E-state index < -0.39 is 0 Å². The number of hydrogen-bond acceptors (Lipinski definition) is 5. The van der Waals surface area contributed by atoms with Crippen LogP contribution in [0.1, 0.15) is 51.9 Å². The summed E-state index contributed by atoms with van der Waals surface area (Å²) in [6.45, 7) is 6.28. The van der Waals surface area contributed by atoms with Crippen LogP contribution in [0.5, 0.6) is 0 Å². The molecule has 0 fully saturated rings. The molecule has 0 unspecified atom stereocenters. The van der Waals surface area contributed by atoms with Crippen LogP contribution in [-0.4, -0.2) is 35.0 Å². The van der Waals surface area contributed by atoms with Gasteiger partial charge in [-0.1, -0.05) is 42.7 Å². The molecule has 2 heterocycles. The lowest BCUT2D eigenvalue weighted by atomic mass is 10.0. The van der Waals surface area contributed by atoms with Crippen molar-refractivity contribution in [2.45, 2.75) is 26.7 Å². The summed E-state index contributed by atoms with van der Waals surface area (Å²) in [6, 6.07) is 8.55. The van der Waals surface area contributed by atoms with Crippen LogP contribution in [0.15, 0.2) is 34.9 Å². The Bertz CT molecular complexity index is 1030. The molecule has 28 heavy (non-hydrogen) atoms. The summed E-state index contributed by atoms with van der Waals surface area (Å²) in [7, 11) is 0. The molecule has 3 rings (SSSR count). The molecule has 7 nitrogen and oxygen atoms in total. The number of benzene rings is 1. The Morgan fingerprint density at radius 2 is 1.75 bits per heavy atom. The average Bonchev–Trinajstić information content (AvgIpc) is 3.05. The van der Waals surface area contributed by atoms with Gasteiger partial charge in [0.2, 0.25) is 0 Å². The molecule has 0 saturated heterocycles. The van der Waals surface area contributed by atoms with Crippen molar-refractivity contribution in [3.05, 3.63) is 57.9 Å². The highest BCUT2D eigenvalue weighted by molar-refractivity contribution is 6.33. The summed E-state index contributed by atoms with van der Waals surface area (Å²) in [4.78, 5) is 29.3. The number of nitrogens with zero attached hydrogens (tertiary/aromatic N) is 2. The standard InChI is InChI=1S/C20H21ClN4O3/c1-11(2)16-10-14(17-12(3)25-28-20(17)24-16)19(27)23-9-8-22-18(26)13-6-4-5-7-15(13)21/h4-7,10-11H,8-9H2,1-3H3,(H,22,26)(H,23,27). The molecule has 3 aromatic rings. The number of carbonyl (C=O) groups excluding carboxylic acids is 2. The van der Waals surface area contributed by atoms with Crippen molar-refractivity contribution in [2.75, 3.05) is 13.1 Å². The van der Waals surface area contributed by atoms with Crippen LogP contribution >= 0.6 is 11.6 Å². The first-order valence-corrected chi connectivity index (χ1v) is 9.34. The first kappa shape index (κ1) is 19.8. The molecule has 2 N–H and O–H groups in total. The second-order valence-corrected chi connectivity index (χ2v) is 7.10. The van der Waals surface area contributed by atoms with E-state index in [1.165, 1.54) is 0 Å². The van der Waals surface area contributed by atoms with Crippen LogP contribution < -0.4 is 10.6 Å². The van der Waals surface area contributed by atoms with Gasteiger partial charge in [-0.15, -0.1) is 0 Å². The largest absolute Gasteiger partial charge is 0.350 e. The normalized spacial score (nSPS) is 11.0. The molecule has 0 aliphatic carbocycles. The summed E-state index contributed by atoms with van der Waals surface area (Å²) in [5.74, 6) is -0.424. The number of hydrogen-bond donors (Lipinski definition) is 2. The number of pyridine rings is 1. The van der Waals surface area contributed by atoms with Crippen LogP contribution in [-0.2, 0) is 0 Å². The highest BCUT2D eigenvalue weighted by atomic mass is 35.5. The molecule has 0 bridgehead atoms. The van der Waals surface area contributed by atoms with E-state index in [9.17, 15) is 9.59 Å². The highest BCUT2D eigenvalue weighted by Gasteiger charge is 2.19. The number of nitrogens with one attached hydrogen (secondary N) is 2. The van der Waals surface area contributed by atoms with Gasteiger partial charge in [0, 0.05) is 18.8 Å². The maximum absolute atomic E-state index is 12.7. The van der Waals surface area contributed by atoms with E-state index in [-0.39, 0.29) is 30.8 Å². The topological polar surface area (TPSA) is 97.1 Å². The lowest BCUT2D eigenvalue weighted by Crippen LogP contribution is -2.35. The third kappa shape index (κ3) is 4.14. The molecule has 1 aromatic carbocycles. The van der Waals surface area contributed by atoms with Gasteiger partial charge in [0.05, 0.1) is 27.2 Å². The summed E-state index contributed by atoms with van der Waals surface area (Å²) < 4.78 is 5.24. The summed E-state index contributed by atoms with van der Waals surface area (Å²) >= 11 is 6.01. The molecule has 2 amide bonds. The Morgan fingerprint density at radius 3 is 2.39 bits per heavy atom. The van der Waals surface area contributed by atoms with Crippen LogP contribution in [0.3, 0.4) is 0 Å². The molecular weight excluding hydrogens is 380 g/mol. The van der Waals surface area contributed by atoms with Gasteiger partial charge in [-0.2, -0.15) is 0 Å². The lowest BCUT2D eigenvalue weighted by molar-refractivity contribution is 0.0928. The van der Waals surface area contributed by atoms with Gasteiger partial charge < -0.3 is 15.2 Å². The molecule has 0 saturated carbocycles. The maximum Gasteiger partial charge on any atom is 0.259 e. The van der Waals surface area contributed by atoms with Gasteiger partial charge in [-0.3, -0.25) is 9.59 Å². The zero-order valence-corrected chi connectivity index (χ0v) is 16.6. The van der Waals surface area contributed by atoms with Crippen LogP contribution in [0.25, 0.3) is 11.1 Å². The Balaban J connectivity index is 1.66. The van der Waals surface area contributed by atoms with Crippen LogP contribution in [0, 0.1) is 6.92 Å². The smallest absolute Gasteiger partial charge is 0.259 e. The van der Waals surface area contributed by atoms with Gasteiger partial charge in [-0.05, 0) is 31.0 Å². The second kappa shape index (κ2) is 8.39. The molecule has 8 heteroatoms. The predicted molar refractivity (Wildman–Crippen MR) is 107 cm³/mol. The highest BCUT2D eigenvalue weighted by Crippen LogP contribution is 2.25. The van der Waals surface area contributed by atoms with E-state index in [1.807, 2.05) is 13.8 Å². The monoisotopic (exact) mass is 400 g/mol. The average molecular weight is 401 g/mol. The summed E-state index contributed by atoms with van der Waals surface area (Å²) in [5.41, 5.74) is 2.56. The number of aromatic nitrogens is 2. The number of rotatable bonds is 6. The van der Waals surface area contributed by atoms with Gasteiger partial charge in [0.25, 0.3) is 17.5 Å². The van der Waals surface area contributed by atoms with Gasteiger partial charge in [0.1, 0.15) is 0 Å². The zero-order chi connectivity index (χ0) is 20.3. The third-order valence-corrected chi connectivity index (χ3v) is 4.62. The molecule has 0 aliphatic heterocycles. The Kier molecular flexibility index (Phi) is 5.94. The van der Waals surface area contributed by atoms with Gasteiger partial charge in [-0.25, -0.2) is 4.98 Å². The molecule has 146 valence electrons. The van der Waals surface area contributed by atoms with Crippen LogP contribution in [0.4, 0.5) is 0 Å². The fourth-order valence-corrected chi connectivity index (χ4v) is 3.00. The van der Waals surface area contributed by atoms with Crippen molar-refractivity contribution in [3.8, 4) is 0 Å². The summed E-state index contributed by atoms with van der Waals surface area (Å²) in [6.07, 6.45) is 0. The van der Waals surface area contributed by atoms with Crippen molar-refractivity contribution >= 4 is 34.5 Å². The second-order valence-electron chi connectivity index (χ2n) is 6.69. The summed E-state index contributed by atoms with van der Waals surface area (Å²) in [5, 5.41) is 10.4. The third-order valence-electron chi connectivity index (χ3n) is 4.29. The number of carbonyl (C=O) groups is 2. The van der Waals surface area contributed by atoms with Gasteiger partial charge >= 0.3 is 0 Å². The fourth-order valence-electron chi connectivity index (χ4n) is 2.78. The van der Waals surface area contributed by atoms with Crippen LogP contribution in [0.2, 0.25) is 5.02 Å². The molecule has 0 atom stereocenters. The molecule has 2 aromatic heterocycles. The predicted octanol–water partition coefficient (Wildman–Crippen LogP) is 3.47. The zero-order valence-electron chi connectivity index (χ0n) is 15.9. The van der Waals surface area contributed by atoms with E-state index in [2.05, 4.69) is 20.8 Å². The van der Waals surface area contributed by atoms with E-state index in [1.54, 1.807) is 37.3 Å². The molecular formula is C20H21ClN4O3. The first-order chi connectivity index (χ1) is 13.4. The fraction of sp³-hybridized carbons (Fsp3) is 0.300. The number of halogens is 1. The minimum Gasteiger partial charge on any atom is -0.350 e. The molecule has 0 aliphatic rings. The number of aryl methyl sites for hydroxylation is 1. The van der Waals surface area contributed by atoms with E-state index in [0.717, 1.165) is 5.69 Å². The van der Waals surface area contributed by atoms with Crippen molar-refractivity contribution in [2.24, 2.45) is 0 Å². The van der Waals surface area contributed by atoms with Gasteiger partial charge in [0.15, 0.2) is 0 Å². The quantitative estimate of drug-likeness (QED) is 0.617. The molecule has 0 spiro atoms. The van der Waals surface area contributed by atoms with Crippen molar-refractivity contribution in [1.29, 1.82) is 0 Å². The lowest BCUT2D eigenvalue weighted by Gasteiger charge is -2.10. The minimum absolute atomic E-state index is 0.135. The number of fused-ring (bicyclic) bond motifs is 1. The Labute approximate surface area is 167 Å². The minimum atomic E-state index is -0.289. The van der Waals surface area contributed by atoms with Crippen molar-refractivity contribution < 1.29 is 14.1 Å². The number of amides is 2. The maximum atomic E-state index is 12.7. The first-order valence-electron chi connectivity index (χ1n) is 8.96. The SMILES string of the molecule is Cc1noc2nc(C(C)C)cc(C(=O)NCCNC(=O)c3ccccc3Cl)c12. The molecule has 0 radical (unpaired) electrons.